The first-order valence-corrected chi connectivity index (χ1v) is 5.43. The topological polar surface area (TPSA) is 26.3 Å². The third-order valence-corrected chi connectivity index (χ3v) is 2.19. The predicted octanol–water partition coefficient (Wildman–Crippen LogP) is 3.21. The van der Waals surface area contributed by atoms with Gasteiger partial charge in [0.05, 0.1) is 5.33 Å². The third kappa shape index (κ3) is 4.22. The largest absolute Gasteiger partial charge is 0.484 e. The van der Waals surface area contributed by atoms with Crippen molar-refractivity contribution in [3.63, 3.8) is 0 Å². The number of ether oxygens (including phenoxy) is 1. The van der Waals surface area contributed by atoms with Crippen molar-refractivity contribution in [3.05, 3.63) is 29.8 Å². The average Bonchev–Trinajstić information content (AvgIpc) is 2.25. The molecule has 2 nitrogen and oxygen atoms in total. The van der Waals surface area contributed by atoms with Crippen molar-refractivity contribution in [3.8, 4) is 5.75 Å². The van der Waals surface area contributed by atoms with Crippen LogP contribution in [0, 0.1) is 0 Å². The zero-order chi connectivity index (χ0) is 12.2. The SMILES string of the molecule is O=C(CBr)c1cccc(OCC(F)(F)F)c1. The monoisotopic (exact) mass is 296 g/mol. The van der Waals surface area contributed by atoms with Gasteiger partial charge in [-0.1, -0.05) is 28.1 Å². The fourth-order valence-corrected chi connectivity index (χ4v) is 1.33. The molecule has 1 aromatic carbocycles. The Kier molecular flexibility index (Phi) is 4.35. The van der Waals surface area contributed by atoms with Crippen molar-refractivity contribution >= 4 is 21.7 Å². The van der Waals surface area contributed by atoms with Crippen molar-refractivity contribution in [2.75, 3.05) is 11.9 Å². The minimum atomic E-state index is -4.38. The van der Waals surface area contributed by atoms with E-state index < -0.39 is 12.8 Å². The summed E-state index contributed by atoms with van der Waals surface area (Å²) in [6.45, 7) is -1.36. The van der Waals surface area contributed by atoms with E-state index in [4.69, 9.17) is 0 Å². The van der Waals surface area contributed by atoms with Crippen molar-refractivity contribution in [2.24, 2.45) is 0 Å². The van der Waals surface area contributed by atoms with Gasteiger partial charge >= 0.3 is 6.18 Å². The maximum atomic E-state index is 11.9. The Morgan fingerprint density at radius 2 is 2.06 bits per heavy atom. The second kappa shape index (κ2) is 5.34. The molecule has 16 heavy (non-hydrogen) atoms. The first-order chi connectivity index (χ1) is 7.42. The highest BCUT2D eigenvalue weighted by molar-refractivity contribution is 9.09. The minimum absolute atomic E-state index is 0.0316. The normalized spacial score (nSPS) is 11.2. The number of carbonyl (C=O) groups excluding carboxylic acids is 1. The summed E-state index contributed by atoms with van der Waals surface area (Å²) in [4.78, 5) is 11.2. The molecule has 0 N–H and O–H groups in total. The van der Waals surface area contributed by atoms with Gasteiger partial charge in [0, 0.05) is 5.56 Å². The van der Waals surface area contributed by atoms with Gasteiger partial charge in [-0.2, -0.15) is 13.2 Å². The number of hydrogen-bond donors (Lipinski definition) is 0. The summed E-state index contributed by atoms with van der Waals surface area (Å²) in [5.41, 5.74) is 0.316. The fourth-order valence-electron chi connectivity index (χ4n) is 1.00. The zero-order valence-corrected chi connectivity index (χ0v) is 9.64. The minimum Gasteiger partial charge on any atom is -0.484 e. The fraction of sp³-hybridized carbons (Fsp3) is 0.300. The molecule has 0 unspecified atom stereocenters. The van der Waals surface area contributed by atoms with Gasteiger partial charge in [-0.15, -0.1) is 0 Å². The van der Waals surface area contributed by atoms with Crippen LogP contribution >= 0.6 is 15.9 Å². The van der Waals surface area contributed by atoms with E-state index in [0.29, 0.717) is 5.56 Å². The second-order valence-electron chi connectivity index (χ2n) is 2.99. The first kappa shape index (κ1) is 13.0. The van der Waals surface area contributed by atoms with Gasteiger partial charge in [0.2, 0.25) is 0 Å². The van der Waals surface area contributed by atoms with Crippen LogP contribution in [0.3, 0.4) is 0 Å². The lowest BCUT2D eigenvalue weighted by Gasteiger charge is -2.09. The van der Waals surface area contributed by atoms with Gasteiger partial charge in [-0.25, -0.2) is 0 Å². The van der Waals surface area contributed by atoms with E-state index in [1.807, 2.05) is 0 Å². The summed E-state index contributed by atoms with van der Waals surface area (Å²) in [6.07, 6.45) is -4.38. The van der Waals surface area contributed by atoms with E-state index in [9.17, 15) is 18.0 Å². The molecule has 0 heterocycles. The van der Waals surface area contributed by atoms with Crippen LogP contribution < -0.4 is 4.74 Å². The molecule has 0 bridgehead atoms. The van der Waals surface area contributed by atoms with Crippen LogP contribution in [-0.4, -0.2) is 23.9 Å². The molecule has 0 saturated carbocycles. The molecule has 88 valence electrons. The predicted molar refractivity (Wildman–Crippen MR) is 56.1 cm³/mol. The number of Topliss-reactive ketones (excluding diaryl/α,β-unsaturated/α-hetero) is 1. The van der Waals surface area contributed by atoms with E-state index in [0.717, 1.165) is 0 Å². The molecule has 0 atom stereocenters. The van der Waals surface area contributed by atoms with Crippen molar-refractivity contribution in [1.29, 1.82) is 0 Å². The summed E-state index contributed by atoms with van der Waals surface area (Å²) in [5, 5.41) is 0.121. The average molecular weight is 297 g/mol. The van der Waals surface area contributed by atoms with Gasteiger partial charge in [-0.05, 0) is 12.1 Å². The van der Waals surface area contributed by atoms with Crippen LogP contribution in [0.1, 0.15) is 10.4 Å². The molecule has 0 aromatic heterocycles. The van der Waals surface area contributed by atoms with Gasteiger partial charge in [0.1, 0.15) is 5.75 Å². The lowest BCUT2D eigenvalue weighted by Crippen LogP contribution is -2.19. The summed E-state index contributed by atoms with van der Waals surface area (Å²) < 4.78 is 40.1. The lowest BCUT2D eigenvalue weighted by molar-refractivity contribution is -0.153. The molecule has 1 aromatic rings. The molecule has 0 aliphatic carbocycles. The molecule has 0 fully saturated rings. The first-order valence-electron chi connectivity index (χ1n) is 4.31. The van der Waals surface area contributed by atoms with Crippen LogP contribution in [0.15, 0.2) is 24.3 Å². The molecule has 6 heteroatoms. The number of carbonyl (C=O) groups is 1. The highest BCUT2D eigenvalue weighted by Crippen LogP contribution is 2.19. The number of hydrogen-bond acceptors (Lipinski definition) is 2. The number of benzene rings is 1. The summed E-state index contributed by atoms with van der Waals surface area (Å²) in [6, 6.07) is 5.65. The van der Waals surface area contributed by atoms with Crippen LogP contribution in [0.4, 0.5) is 13.2 Å². The van der Waals surface area contributed by atoms with E-state index in [1.165, 1.54) is 24.3 Å². The number of halogens is 4. The van der Waals surface area contributed by atoms with Gasteiger partial charge in [-0.3, -0.25) is 4.79 Å². The van der Waals surface area contributed by atoms with E-state index >= 15 is 0 Å². The van der Waals surface area contributed by atoms with Crippen LogP contribution in [0.25, 0.3) is 0 Å². The molecule has 0 aliphatic rings. The molecule has 0 amide bonds. The maximum absolute atomic E-state index is 11.9. The lowest BCUT2D eigenvalue weighted by atomic mass is 10.1. The van der Waals surface area contributed by atoms with E-state index in [1.54, 1.807) is 0 Å². The van der Waals surface area contributed by atoms with E-state index in [2.05, 4.69) is 20.7 Å². The van der Waals surface area contributed by atoms with Gasteiger partial charge in [0.25, 0.3) is 0 Å². The Morgan fingerprint density at radius 1 is 1.38 bits per heavy atom. The Bertz CT molecular complexity index is 377. The smallest absolute Gasteiger partial charge is 0.422 e. The maximum Gasteiger partial charge on any atom is 0.422 e. The summed E-state index contributed by atoms with van der Waals surface area (Å²) in [5.74, 6) is -0.179. The van der Waals surface area contributed by atoms with Gasteiger partial charge in [0.15, 0.2) is 12.4 Å². The molecule has 0 spiro atoms. The highest BCUT2D eigenvalue weighted by atomic mass is 79.9. The number of ketones is 1. The molecule has 0 radical (unpaired) electrons. The molecular weight excluding hydrogens is 289 g/mol. The Labute approximate surface area is 98.5 Å². The number of alkyl halides is 4. The summed E-state index contributed by atoms with van der Waals surface area (Å²) >= 11 is 2.98. The molecular formula is C10H8BrF3O2. The molecule has 0 saturated heterocycles. The molecule has 1 rings (SSSR count). The van der Waals surface area contributed by atoms with Crippen LogP contribution in [0.5, 0.6) is 5.75 Å². The quantitative estimate of drug-likeness (QED) is 0.630. The Morgan fingerprint density at radius 3 is 2.62 bits per heavy atom. The second-order valence-corrected chi connectivity index (χ2v) is 3.55. The highest BCUT2D eigenvalue weighted by Gasteiger charge is 2.28. The van der Waals surface area contributed by atoms with E-state index in [-0.39, 0.29) is 16.9 Å². The van der Waals surface area contributed by atoms with Crippen molar-refractivity contribution < 1.29 is 22.7 Å². The summed E-state index contributed by atoms with van der Waals surface area (Å²) in [7, 11) is 0. The van der Waals surface area contributed by atoms with Crippen LogP contribution in [-0.2, 0) is 0 Å². The standard InChI is InChI=1S/C10H8BrF3O2/c11-5-9(15)7-2-1-3-8(4-7)16-6-10(12,13)14/h1-4H,5-6H2. The van der Waals surface area contributed by atoms with Gasteiger partial charge < -0.3 is 4.74 Å². The molecule has 0 aliphatic heterocycles. The van der Waals surface area contributed by atoms with Crippen molar-refractivity contribution in [1.82, 2.24) is 0 Å². The Hall–Kier alpha value is -1.04. The van der Waals surface area contributed by atoms with Crippen LogP contribution in [0.2, 0.25) is 0 Å². The number of rotatable bonds is 4. The zero-order valence-electron chi connectivity index (χ0n) is 8.05. The van der Waals surface area contributed by atoms with Crippen molar-refractivity contribution in [2.45, 2.75) is 6.18 Å². The third-order valence-electron chi connectivity index (χ3n) is 1.68. The Balaban J connectivity index is 2.71.